The lowest BCUT2D eigenvalue weighted by atomic mass is 9.96. The molecule has 0 heterocycles. The molecule has 0 spiro atoms. The fourth-order valence-electron chi connectivity index (χ4n) is 3.28. The number of halogens is 1. The molecule has 0 aromatic heterocycles. The molecule has 0 bridgehead atoms. The first kappa shape index (κ1) is 20.8. The quantitative estimate of drug-likeness (QED) is 0.663. The van der Waals surface area contributed by atoms with Gasteiger partial charge in [0.05, 0.1) is 17.6 Å². The van der Waals surface area contributed by atoms with Gasteiger partial charge in [0.15, 0.2) is 0 Å². The number of carbonyl (C=O) groups is 1. The number of benzene rings is 2. The van der Waals surface area contributed by atoms with Crippen molar-refractivity contribution >= 4 is 37.5 Å². The molecule has 2 aromatic carbocycles. The number of hydrogen-bond donors (Lipinski definition) is 2. The summed E-state index contributed by atoms with van der Waals surface area (Å²) < 4.78 is 33.9. The molecular weight excluding hydrogens is 444 g/mol. The Morgan fingerprint density at radius 3 is 2.39 bits per heavy atom. The van der Waals surface area contributed by atoms with E-state index in [4.69, 9.17) is 4.74 Å². The Balaban J connectivity index is 1.70. The van der Waals surface area contributed by atoms with Gasteiger partial charge in [-0.15, -0.1) is 0 Å². The van der Waals surface area contributed by atoms with Gasteiger partial charge in [0, 0.05) is 16.2 Å². The van der Waals surface area contributed by atoms with Crippen LogP contribution in [-0.4, -0.2) is 27.5 Å². The lowest BCUT2D eigenvalue weighted by Crippen LogP contribution is -2.36. The van der Waals surface area contributed by atoms with E-state index in [-0.39, 0.29) is 16.8 Å². The van der Waals surface area contributed by atoms with E-state index in [0.717, 1.165) is 36.6 Å². The van der Waals surface area contributed by atoms with Gasteiger partial charge in [0.2, 0.25) is 10.0 Å². The zero-order valence-electron chi connectivity index (χ0n) is 15.6. The molecule has 3 rings (SSSR count). The largest absolute Gasteiger partial charge is 0.496 e. The molecule has 2 N–H and O–H groups in total. The predicted octanol–water partition coefficient (Wildman–Crippen LogP) is 4.32. The summed E-state index contributed by atoms with van der Waals surface area (Å²) >= 11 is 3.34. The maximum Gasteiger partial charge on any atom is 0.259 e. The van der Waals surface area contributed by atoms with Gasteiger partial charge in [-0.3, -0.25) is 4.79 Å². The average Bonchev–Trinajstić information content (AvgIpc) is 2.69. The van der Waals surface area contributed by atoms with Gasteiger partial charge in [-0.25, -0.2) is 13.1 Å². The van der Waals surface area contributed by atoms with Gasteiger partial charge < -0.3 is 10.1 Å². The van der Waals surface area contributed by atoms with Crippen molar-refractivity contribution in [2.24, 2.45) is 0 Å². The number of methoxy groups -OCH3 is 1. The smallest absolute Gasteiger partial charge is 0.259 e. The summed E-state index contributed by atoms with van der Waals surface area (Å²) in [7, 11) is -2.06. The minimum Gasteiger partial charge on any atom is -0.496 e. The second kappa shape index (κ2) is 9.07. The van der Waals surface area contributed by atoms with Crippen LogP contribution in [0.15, 0.2) is 51.8 Å². The molecule has 150 valence electrons. The van der Waals surface area contributed by atoms with Gasteiger partial charge in [0.25, 0.3) is 5.91 Å². The summed E-state index contributed by atoms with van der Waals surface area (Å²) in [6.45, 7) is 0. The molecule has 1 amide bonds. The molecule has 1 fully saturated rings. The van der Waals surface area contributed by atoms with Gasteiger partial charge in [-0.2, -0.15) is 0 Å². The lowest BCUT2D eigenvalue weighted by Gasteiger charge is -2.22. The zero-order valence-corrected chi connectivity index (χ0v) is 18.0. The topological polar surface area (TPSA) is 84.5 Å². The first-order chi connectivity index (χ1) is 13.4. The van der Waals surface area contributed by atoms with E-state index in [0.29, 0.717) is 17.0 Å². The Labute approximate surface area is 173 Å². The number of amides is 1. The van der Waals surface area contributed by atoms with Crippen molar-refractivity contribution in [3.8, 4) is 5.75 Å². The minimum absolute atomic E-state index is 0.00196. The van der Waals surface area contributed by atoms with E-state index < -0.39 is 10.0 Å². The number of anilines is 1. The van der Waals surface area contributed by atoms with Crippen LogP contribution in [-0.2, 0) is 10.0 Å². The lowest BCUT2D eigenvalue weighted by molar-refractivity contribution is 0.102. The van der Waals surface area contributed by atoms with Gasteiger partial charge in [0.1, 0.15) is 5.75 Å². The number of hydrogen-bond acceptors (Lipinski definition) is 4. The Bertz CT molecular complexity index is 939. The highest BCUT2D eigenvalue weighted by Gasteiger charge is 2.22. The van der Waals surface area contributed by atoms with Crippen molar-refractivity contribution < 1.29 is 17.9 Å². The molecule has 28 heavy (non-hydrogen) atoms. The molecule has 8 heteroatoms. The van der Waals surface area contributed by atoms with Crippen LogP contribution < -0.4 is 14.8 Å². The fourth-order valence-corrected chi connectivity index (χ4v) is 4.95. The van der Waals surface area contributed by atoms with Gasteiger partial charge in [-0.1, -0.05) is 35.2 Å². The molecule has 6 nitrogen and oxygen atoms in total. The Hall–Kier alpha value is -1.90. The van der Waals surface area contributed by atoms with E-state index in [2.05, 4.69) is 26.0 Å². The molecule has 0 unspecified atom stereocenters. The van der Waals surface area contributed by atoms with Crippen LogP contribution in [0.2, 0.25) is 0 Å². The van der Waals surface area contributed by atoms with Gasteiger partial charge in [-0.05, 0) is 55.3 Å². The second-order valence-electron chi connectivity index (χ2n) is 6.78. The van der Waals surface area contributed by atoms with Crippen molar-refractivity contribution in [3.05, 3.63) is 52.5 Å². The first-order valence-corrected chi connectivity index (χ1v) is 11.4. The Kier molecular flexibility index (Phi) is 6.74. The van der Waals surface area contributed by atoms with Crippen LogP contribution >= 0.6 is 15.9 Å². The standard InChI is InChI=1S/C20H23BrN2O4S/c1-27-19-12-7-14(21)13-18(19)20(24)22-15-8-10-17(11-9-15)28(25,26)23-16-5-3-2-4-6-16/h7-13,16,23H,2-6H2,1H3,(H,22,24). The maximum atomic E-state index is 12.6. The highest BCUT2D eigenvalue weighted by molar-refractivity contribution is 9.10. The predicted molar refractivity (Wildman–Crippen MR) is 112 cm³/mol. The summed E-state index contributed by atoms with van der Waals surface area (Å²) in [4.78, 5) is 12.7. The first-order valence-electron chi connectivity index (χ1n) is 9.16. The van der Waals surface area contributed by atoms with Crippen LogP contribution in [0.3, 0.4) is 0 Å². The number of carbonyl (C=O) groups excluding carboxylic acids is 1. The molecule has 2 aromatic rings. The summed E-state index contributed by atoms with van der Waals surface area (Å²) in [5, 5.41) is 2.77. The summed E-state index contributed by atoms with van der Waals surface area (Å²) in [6, 6.07) is 11.3. The maximum absolute atomic E-state index is 12.6. The molecule has 1 aliphatic carbocycles. The summed E-state index contributed by atoms with van der Waals surface area (Å²) in [5.41, 5.74) is 0.885. The van der Waals surface area contributed by atoms with E-state index >= 15 is 0 Å². The Morgan fingerprint density at radius 2 is 1.75 bits per heavy atom. The number of ether oxygens (including phenoxy) is 1. The SMILES string of the molecule is COc1ccc(Br)cc1C(=O)Nc1ccc(S(=O)(=O)NC2CCCCC2)cc1. The van der Waals surface area contributed by atoms with E-state index in [1.165, 1.54) is 19.2 Å². The van der Waals surface area contributed by atoms with Crippen molar-refractivity contribution in [1.29, 1.82) is 0 Å². The summed E-state index contributed by atoms with van der Waals surface area (Å²) in [5.74, 6) is 0.116. The van der Waals surface area contributed by atoms with Crippen molar-refractivity contribution in [2.45, 2.75) is 43.0 Å². The van der Waals surface area contributed by atoms with Crippen molar-refractivity contribution in [3.63, 3.8) is 0 Å². The molecular formula is C20H23BrN2O4S. The van der Waals surface area contributed by atoms with E-state index in [1.54, 1.807) is 30.3 Å². The summed E-state index contributed by atoms with van der Waals surface area (Å²) in [6.07, 6.45) is 5.02. The van der Waals surface area contributed by atoms with Gasteiger partial charge >= 0.3 is 0 Å². The van der Waals surface area contributed by atoms with Crippen molar-refractivity contribution in [1.82, 2.24) is 4.72 Å². The second-order valence-corrected chi connectivity index (χ2v) is 9.41. The molecule has 0 radical (unpaired) electrons. The van der Waals surface area contributed by atoms with Crippen LogP contribution in [0, 0.1) is 0 Å². The van der Waals surface area contributed by atoms with Crippen LogP contribution in [0.1, 0.15) is 42.5 Å². The van der Waals surface area contributed by atoms with Crippen molar-refractivity contribution in [2.75, 3.05) is 12.4 Å². The van der Waals surface area contributed by atoms with Crippen LogP contribution in [0.5, 0.6) is 5.75 Å². The monoisotopic (exact) mass is 466 g/mol. The fraction of sp³-hybridized carbons (Fsp3) is 0.350. The van der Waals surface area contributed by atoms with E-state index in [1.807, 2.05) is 0 Å². The number of sulfonamides is 1. The molecule has 0 aliphatic heterocycles. The number of rotatable bonds is 6. The molecule has 1 aliphatic rings. The zero-order chi connectivity index (χ0) is 20.1. The van der Waals surface area contributed by atoms with Crippen LogP contribution in [0.25, 0.3) is 0 Å². The highest BCUT2D eigenvalue weighted by atomic mass is 79.9. The minimum atomic E-state index is -3.56. The molecule has 0 saturated heterocycles. The third kappa shape index (κ3) is 5.12. The normalized spacial score (nSPS) is 15.2. The Morgan fingerprint density at radius 1 is 1.07 bits per heavy atom. The molecule has 0 atom stereocenters. The third-order valence-corrected chi connectivity index (χ3v) is 6.79. The third-order valence-electron chi connectivity index (χ3n) is 4.76. The van der Waals surface area contributed by atoms with Crippen LogP contribution in [0.4, 0.5) is 5.69 Å². The van der Waals surface area contributed by atoms with E-state index in [9.17, 15) is 13.2 Å². The number of nitrogens with one attached hydrogen (secondary N) is 2. The highest BCUT2D eigenvalue weighted by Crippen LogP contribution is 2.25. The molecule has 1 saturated carbocycles. The average molecular weight is 467 g/mol.